The minimum Gasteiger partial charge on any atom is -0.623 e. The second kappa shape index (κ2) is 5.97. The average Bonchev–Trinajstić information content (AvgIpc) is 2.54. The monoisotopic (exact) mass is 283 g/mol. The summed E-state index contributed by atoms with van der Waals surface area (Å²) in [5.41, 5.74) is 1.66. The first-order chi connectivity index (χ1) is 10.3. The van der Waals surface area contributed by atoms with E-state index in [2.05, 4.69) is 0 Å². The normalized spacial score (nSPS) is 21.5. The van der Waals surface area contributed by atoms with Crippen molar-refractivity contribution < 1.29 is 14.6 Å². The molecule has 2 aromatic rings. The third-order valence-corrected chi connectivity index (χ3v) is 3.72. The number of hydrogen-bond donors (Lipinski definition) is 1. The number of aliphatic hydroxyl groups excluding tert-OH is 1. The van der Waals surface area contributed by atoms with Crippen LogP contribution in [-0.2, 0) is 0 Å². The number of hydrogen-bond acceptors (Lipinski definition) is 3. The Morgan fingerprint density at radius 3 is 2.62 bits per heavy atom. The van der Waals surface area contributed by atoms with Crippen LogP contribution in [0.25, 0.3) is 0 Å². The molecule has 108 valence electrons. The molecule has 1 heterocycles. The molecule has 0 aliphatic carbocycles. The molecule has 0 unspecified atom stereocenters. The highest BCUT2D eigenvalue weighted by Crippen LogP contribution is 2.37. The number of ether oxygens (including phenoxy) is 1. The van der Waals surface area contributed by atoms with Crippen LogP contribution in [0.5, 0.6) is 5.75 Å². The summed E-state index contributed by atoms with van der Waals surface area (Å²) in [7, 11) is 0. The molecular weight excluding hydrogens is 266 g/mol. The van der Waals surface area contributed by atoms with Gasteiger partial charge in [-0.15, -0.1) is 0 Å². The third kappa shape index (κ3) is 2.76. The maximum absolute atomic E-state index is 12.6. The number of hydroxylamine groups is 1. The lowest BCUT2D eigenvalue weighted by Gasteiger charge is -2.30. The second-order valence-electron chi connectivity index (χ2n) is 5.14. The lowest BCUT2D eigenvalue weighted by atomic mass is 9.91. The van der Waals surface area contributed by atoms with Gasteiger partial charge >= 0.3 is 0 Å². The molecule has 0 saturated heterocycles. The summed E-state index contributed by atoms with van der Waals surface area (Å²) in [4.78, 5) is 0. The van der Waals surface area contributed by atoms with Gasteiger partial charge in [-0.25, -0.2) is 4.74 Å². The van der Waals surface area contributed by atoms with Gasteiger partial charge in [-0.1, -0.05) is 30.3 Å². The van der Waals surface area contributed by atoms with Gasteiger partial charge in [0, 0.05) is 5.56 Å². The predicted molar refractivity (Wildman–Crippen MR) is 80.5 cm³/mol. The number of para-hydroxylation sites is 1. The number of rotatable bonds is 3. The molecule has 0 aromatic heterocycles. The van der Waals surface area contributed by atoms with Crippen LogP contribution in [0.2, 0.25) is 0 Å². The number of fused-ring (bicyclic) bond motifs is 1. The molecule has 1 N–H and O–H groups in total. The molecule has 4 heteroatoms. The standard InChI is InChI=1S/C17H17NO3/c19-11-14-12-21-16-9-5-4-8-15(16)17(14)18(20)10-13-6-2-1-3-7-13/h1-10,14,17,19H,11-12H2/b18-10-/t14-,17-/m0/s1. The van der Waals surface area contributed by atoms with Crippen LogP contribution in [0.15, 0.2) is 54.6 Å². The summed E-state index contributed by atoms with van der Waals surface area (Å²) in [5.74, 6) is 0.479. The minimum atomic E-state index is -0.430. The van der Waals surface area contributed by atoms with Crippen LogP contribution in [-0.4, -0.2) is 29.3 Å². The number of nitrogens with zero attached hydrogens (tertiary/aromatic N) is 1. The van der Waals surface area contributed by atoms with Crippen molar-refractivity contribution >= 4 is 6.21 Å². The van der Waals surface area contributed by atoms with Gasteiger partial charge < -0.3 is 15.1 Å². The van der Waals surface area contributed by atoms with Gasteiger partial charge in [0.1, 0.15) is 12.4 Å². The molecule has 0 radical (unpaired) electrons. The third-order valence-electron chi connectivity index (χ3n) is 3.72. The fourth-order valence-electron chi connectivity index (χ4n) is 2.66. The van der Waals surface area contributed by atoms with E-state index >= 15 is 0 Å². The Morgan fingerprint density at radius 2 is 1.86 bits per heavy atom. The average molecular weight is 283 g/mol. The van der Waals surface area contributed by atoms with Crippen LogP contribution < -0.4 is 4.74 Å². The van der Waals surface area contributed by atoms with Gasteiger partial charge in [0.2, 0.25) is 0 Å². The van der Waals surface area contributed by atoms with Crippen molar-refractivity contribution in [1.82, 2.24) is 0 Å². The van der Waals surface area contributed by atoms with E-state index in [1.165, 1.54) is 0 Å². The zero-order valence-electron chi connectivity index (χ0n) is 11.6. The van der Waals surface area contributed by atoms with Gasteiger partial charge in [-0.3, -0.25) is 0 Å². The highest BCUT2D eigenvalue weighted by atomic mass is 16.5. The van der Waals surface area contributed by atoms with E-state index in [9.17, 15) is 10.3 Å². The molecule has 0 amide bonds. The maximum atomic E-state index is 12.6. The first-order valence-electron chi connectivity index (χ1n) is 6.97. The van der Waals surface area contributed by atoms with Gasteiger partial charge in [-0.05, 0) is 24.3 Å². The molecule has 3 rings (SSSR count). The fraction of sp³-hybridized carbons (Fsp3) is 0.235. The first kappa shape index (κ1) is 13.6. The van der Waals surface area contributed by atoms with Crippen molar-refractivity contribution in [2.75, 3.05) is 13.2 Å². The van der Waals surface area contributed by atoms with Crippen molar-refractivity contribution in [2.24, 2.45) is 5.92 Å². The summed E-state index contributed by atoms with van der Waals surface area (Å²) < 4.78 is 6.55. The first-order valence-corrected chi connectivity index (χ1v) is 6.97. The van der Waals surface area contributed by atoms with Crippen LogP contribution in [0.4, 0.5) is 0 Å². The van der Waals surface area contributed by atoms with E-state index in [0.717, 1.165) is 21.6 Å². The van der Waals surface area contributed by atoms with E-state index in [4.69, 9.17) is 4.74 Å². The molecule has 1 aliphatic rings. The van der Waals surface area contributed by atoms with Gasteiger partial charge in [0.05, 0.1) is 18.1 Å². The zero-order valence-corrected chi connectivity index (χ0v) is 11.6. The Balaban J connectivity index is 2.00. The highest BCUT2D eigenvalue weighted by molar-refractivity contribution is 5.75. The molecule has 2 atom stereocenters. The summed E-state index contributed by atoms with van der Waals surface area (Å²) in [6.45, 7) is 0.264. The smallest absolute Gasteiger partial charge is 0.200 e. The molecule has 21 heavy (non-hydrogen) atoms. The Labute approximate surface area is 123 Å². The highest BCUT2D eigenvalue weighted by Gasteiger charge is 2.36. The van der Waals surface area contributed by atoms with E-state index in [1.807, 2.05) is 54.6 Å². The zero-order chi connectivity index (χ0) is 14.7. The quantitative estimate of drug-likeness (QED) is 0.407. The van der Waals surface area contributed by atoms with Crippen LogP contribution in [0.3, 0.4) is 0 Å². The van der Waals surface area contributed by atoms with Crippen molar-refractivity contribution in [3.05, 3.63) is 70.9 Å². The Hall–Kier alpha value is -2.33. The Kier molecular flexibility index (Phi) is 3.88. The van der Waals surface area contributed by atoms with Crippen molar-refractivity contribution in [1.29, 1.82) is 0 Å². The summed E-state index contributed by atoms with van der Waals surface area (Å²) >= 11 is 0. The molecular formula is C17H17NO3. The fourth-order valence-corrected chi connectivity index (χ4v) is 2.66. The molecule has 0 saturated carbocycles. The predicted octanol–water partition coefficient (Wildman–Crippen LogP) is 2.36. The van der Waals surface area contributed by atoms with Crippen molar-refractivity contribution in [3.8, 4) is 5.75 Å². The number of benzene rings is 2. The van der Waals surface area contributed by atoms with Crippen LogP contribution in [0, 0.1) is 11.1 Å². The minimum absolute atomic E-state index is 0.0830. The topological polar surface area (TPSA) is 55.5 Å². The van der Waals surface area contributed by atoms with E-state index in [0.29, 0.717) is 6.61 Å². The number of aliphatic hydroxyl groups is 1. The van der Waals surface area contributed by atoms with Gasteiger partial charge in [-0.2, -0.15) is 0 Å². The summed E-state index contributed by atoms with van der Waals surface area (Å²) in [5, 5.41) is 22.1. The SMILES string of the molecule is [O-]/[N+](=C\c1ccccc1)[C@@H]1c2ccccc2OC[C@@H]1CO. The van der Waals surface area contributed by atoms with Crippen molar-refractivity contribution in [3.63, 3.8) is 0 Å². The molecule has 4 nitrogen and oxygen atoms in total. The molecule has 2 aromatic carbocycles. The lowest BCUT2D eigenvalue weighted by molar-refractivity contribution is -0.517. The van der Waals surface area contributed by atoms with Gasteiger partial charge in [0.25, 0.3) is 0 Å². The van der Waals surface area contributed by atoms with E-state index in [-0.39, 0.29) is 12.5 Å². The largest absolute Gasteiger partial charge is 0.623 e. The summed E-state index contributed by atoms with van der Waals surface area (Å²) in [6.07, 6.45) is 1.56. The van der Waals surface area contributed by atoms with Crippen molar-refractivity contribution in [2.45, 2.75) is 6.04 Å². The Morgan fingerprint density at radius 1 is 1.14 bits per heavy atom. The van der Waals surface area contributed by atoms with E-state index in [1.54, 1.807) is 6.21 Å². The van der Waals surface area contributed by atoms with E-state index < -0.39 is 6.04 Å². The molecule has 0 fully saturated rings. The summed E-state index contributed by atoms with van der Waals surface area (Å²) in [6, 6.07) is 16.5. The van der Waals surface area contributed by atoms with Crippen LogP contribution >= 0.6 is 0 Å². The Bertz CT molecular complexity index is 639. The van der Waals surface area contributed by atoms with Crippen LogP contribution in [0.1, 0.15) is 17.2 Å². The lowest BCUT2D eigenvalue weighted by Crippen LogP contribution is -2.34. The molecule has 1 aliphatic heterocycles. The molecule has 0 bridgehead atoms. The second-order valence-corrected chi connectivity index (χ2v) is 5.14. The molecule has 0 spiro atoms. The maximum Gasteiger partial charge on any atom is 0.200 e. The van der Waals surface area contributed by atoms with Gasteiger partial charge in [0.15, 0.2) is 12.3 Å².